The van der Waals surface area contributed by atoms with Crippen LogP contribution in [0.1, 0.15) is 5.56 Å². The second kappa shape index (κ2) is 5.21. The molecule has 102 valence electrons. The molecule has 0 aliphatic carbocycles. The summed E-state index contributed by atoms with van der Waals surface area (Å²) >= 11 is 11.9. The number of fused-ring (bicyclic) bond motifs is 1. The highest BCUT2D eigenvalue weighted by atomic mass is 35.5. The van der Waals surface area contributed by atoms with E-state index in [1.54, 1.807) is 36.4 Å². The predicted octanol–water partition coefficient (Wildman–Crippen LogP) is 3.68. The van der Waals surface area contributed by atoms with Crippen molar-refractivity contribution in [2.45, 2.75) is 0 Å². The van der Waals surface area contributed by atoms with E-state index in [1.807, 2.05) is 0 Å². The molecule has 3 rings (SSSR count). The monoisotopic (exact) mass is 314 g/mol. The van der Waals surface area contributed by atoms with Gasteiger partial charge in [0.1, 0.15) is 17.9 Å². The standard InChI is InChI=1S/C15H8Cl2N4/c16-10-3-4-12-13(5-10)20-8-21(15(12)19)14-6-11(17)2-1-9(14)7-18/h1-6,8,19H. The van der Waals surface area contributed by atoms with Gasteiger partial charge in [0.05, 0.1) is 16.8 Å². The predicted molar refractivity (Wildman–Crippen MR) is 81.7 cm³/mol. The summed E-state index contributed by atoms with van der Waals surface area (Å²) in [5.74, 6) is 0. The van der Waals surface area contributed by atoms with E-state index in [9.17, 15) is 5.26 Å². The molecule has 0 fully saturated rings. The van der Waals surface area contributed by atoms with Gasteiger partial charge in [-0.05, 0) is 36.4 Å². The fourth-order valence-electron chi connectivity index (χ4n) is 2.10. The molecule has 0 saturated heterocycles. The molecule has 2 aromatic carbocycles. The fourth-order valence-corrected chi connectivity index (χ4v) is 2.43. The lowest BCUT2D eigenvalue weighted by molar-refractivity contribution is 0.908. The Morgan fingerprint density at radius 1 is 1.10 bits per heavy atom. The van der Waals surface area contributed by atoms with Crippen LogP contribution in [-0.4, -0.2) is 9.55 Å². The fraction of sp³-hybridized carbons (Fsp3) is 0. The summed E-state index contributed by atoms with van der Waals surface area (Å²) in [7, 11) is 0. The molecule has 1 heterocycles. The van der Waals surface area contributed by atoms with Crippen LogP contribution in [0.4, 0.5) is 0 Å². The van der Waals surface area contributed by atoms with Crippen molar-refractivity contribution in [2.75, 3.05) is 0 Å². The molecule has 21 heavy (non-hydrogen) atoms. The second-order valence-electron chi connectivity index (χ2n) is 4.40. The van der Waals surface area contributed by atoms with E-state index in [4.69, 9.17) is 28.6 Å². The van der Waals surface area contributed by atoms with Gasteiger partial charge in [0.25, 0.3) is 0 Å². The van der Waals surface area contributed by atoms with Crippen molar-refractivity contribution < 1.29 is 0 Å². The smallest absolute Gasteiger partial charge is 0.140 e. The number of hydrogen-bond donors (Lipinski definition) is 1. The normalized spacial score (nSPS) is 10.5. The Bertz CT molecular complexity index is 954. The molecule has 1 N–H and O–H groups in total. The number of benzene rings is 2. The summed E-state index contributed by atoms with van der Waals surface area (Å²) in [6.07, 6.45) is 1.49. The maximum Gasteiger partial charge on any atom is 0.140 e. The first-order valence-corrected chi connectivity index (χ1v) is 6.77. The van der Waals surface area contributed by atoms with Crippen LogP contribution in [0.2, 0.25) is 10.0 Å². The van der Waals surface area contributed by atoms with Gasteiger partial charge < -0.3 is 0 Å². The highest BCUT2D eigenvalue weighted by Crippen LogP contribution is 2.20. The summed E-state index contributed by atoms with van der Waals surface area (Å²) in [6.45, 7) is 0. The average molecular weight is 315 g/mol. The van der Waals surface area contributed by atoms with Crippen LogP contribution in [-0.2, 0) is 0 Å². The molecule has 0 aliphatic heterocycles. The van der Waals surface area contributed by atoms with Gasteiger partial charge in [-0.3, -0.25) is 9.98 Å². The van der Waals surface area contributed by atoms with E-state index >= 15 is 0 Å². The quantitative estimate of drug-likeness (QED) is 0.744. The van der Waals surface area contributed by atoms with Crippen molar-refractivity contribution in [3.05, 3.63) is 63.8 Å². The molecule has 6 heteroatoms. The molecule has 4 nitrogen and oxygen atoms in total. The minimum absolute atomic E-state index is 0.218. The summed E-state index contributed by atoms with van der Waals surface area (Å²) < 4.78 is 1.53. The van der Waals surface area contributed by atoms with E-state index in [0.29, 0.717) is 32.2 Å². The van der Waals surface area contributed by atoms with Gasteiger partial charge in [0.15, 0.2) is 0 Å². The lowest BCUT2D eigenvalue weighted by atomic mass is 10.2. The first-order chi connectivity index (χ1) is 10.1. The zero-order valence-electron chi connectivity index (χ0n) is 10.6. The third kappa shape index (κ3) is 2.38. The van der Waals surface area contributed by atoms with Gasteiger partial charge >= 0.3 is 0 Å². The zero-order valence-corrected chi connectivity index (χ0v) is 12.2. The van der Waals surface area contributed by atoms with Gasteiger partial charge in [-0.15, -0.1) is 0 Å². The van der Waals surface area contributed by atoms with Crippen molar-refractivity contribution >= 4 is 34.1 Å². The minimum Gasteiger partial charge on any atom is -0.284 e. The number of hydrogen-bond acceptors (Lipinski definition) is 3. The van der Waals surface area contributed by atoms with E-state index in [-0.39, 0.29) is 5.49 Å². The summed E-state index contributed by atoms with van der Waals surface area (Å²) in [5.41, 5.74) is 1.80. The van der Waals surface area contributed by atoms with Crippen molar-refractivity contribution in [3.63, 3.8) is 0 Å². The third-order valence-corrected chi connectivity index (χ3v) is 3.58. The van der Waals surface area contributed by atoms with Crippen molar-refractivity contribution in [2.24, 2.45) is 0 Å². The third-order valence-electron chi connectivity index (χ3n) is 3.11. The summed E-state index contributed by atoms with van der Waals surface area (Å²) in [5, 5.41) is 19.2. The minimum atomic E-state index is 0.218. The van der Waals surface area contributed by atoms with Gasteiger partial charge in [-0.25, -0.2) is 4.98 Å². The van der Waals surface area contributed by atoms with Crippen LogP contribution in [0, 0.1) is 16.7 Å². The molecule has 0 unspecified atom stereocenters. The molecule has 3 aromatic rings. The second-order valence-corrected chi connectivity index (χ2v) is 5.27. The molecule has 0 saturated carbocycles. The zero-order chi connectivity index (χ0) is 15.0. The van der Waals surface area contributed by atoms with Crippen molar-refractivity contribution in [3.8, 4) is 11.8 Å². The molecule has 0 atom stereocenters. The summed E-state index contributed by atoms with van der Waals surface area (Å²) in [6, 6.07) is 12.1. The van der Waals surface area contributed by atoms with Crippen LogP contribution >= 0.6 is 23.2 Å². The average Bonchev–Trinajstić information content (AvgIpc) is 2.47. The maximum atomic E-state index is 9.21. The number of rotatable bonds is 1. The first-order valence-electron chi connectivity index (χ1n) is 6.01. The molecule has 0 bridgehead atoms. The van der Waals surface area contributed by atoms with Crippen LogP contribution < -0.4 is 5.49 Å². The van der Waals surface area contributed by atoms with Gasteiger partial charge in [-0.1, -0.05) is 23.2 Å². The molecule has 0 spiro atoms. The van der Waals surface area contributed by atoms with Gasteiger partial charge in [0, 0.05) is 15.4 Å². The topological polar surface area (TPSA) is 65.5 Å². The Balaban J connectivity index is 2.35. The Morgan fingerprint density at radius 2 is 1.81 bits per heavy atom. The largest absolute Gasteiger partial charge is 0.284 e. The maximum absolute atomic E-state index is 9.21. The van der Waals surface area contributed by atoms with E-state index in [1.165, 1.54) is 10.9 Å². The Labute approximate surface area is 130 Å². The van der Waals surface area contributed by atoms with Crippen LogP contribution in [0.5, 0.6) is 0 Å². The van der Waals surface area contributed by atoms with Crippen molar-refractivity contribution in [1.82, 2.24) is 9.55 Å². The Hall–Kier alpha value is -2.35. The highest BCUT2D eigenvalue weighted by Gasteiger charge is 2.08. The van der Waals surface area contributed by atoms with Gasteiger partial charge in [-0.2, -0.15) is 5.26 Å². The van der Waals surface area contributed by atoms with Crippen LogP contribution in [0.3, 0.4) is 0 Å². The SMILES string of the molecule is N#Cc1ccc(Cl)cc1-n1cnc2cc(Cl)ccc2c1=N. The summed E-state index contributed by atoms with van der Waals surface area (Å²) in [4.78, 5) is 4.29. The van der Waals surface area contributed by atoms with E-state index < -0.39 is 0 Å². The number of nitriles is 1. The number of nitrogens with one attached hydrogen (secondary N) is 1. The highest BCUT2D eigenvalue weighted by molar-refractivity contribution is 6.31. The first kappa shape index (κ1) is 13.6. The van der Waals surface area contributed by atoms with Crippen LogP contribution in [0.15, 0.2) is 42.7 Å². The van der Waals surface area contributed by atoms with E-state index in [0.717, 1.165) is 0 Å². The van der Waals surface area contributed by atoms with Crippen LogP contribution in [0.25, 0.3) is 16.6 Å². The van der Waals surface area contributed by atoms with Crippen molar-refractivity contribution in [1.29, 1.82) is 10.7 Å². The number of nitrogens with zero attached hydrogens (tertiary/aromatic N) is 3. The number of aromatic nitrogens is 2. The number of halogens is 2. The molecule has 0 radical (unpaired) electrons. The molecule has 0 amide bonds. The Morgan fingerprint density at radius 3 is 2.57 bits per heavy atom. The lowest BCUT2D eigenvalue weighted by Gasteiger charge is -2.10. The Kier molecular flexibility index (Phi) is 3.38. The molecular formula is C15H8Cl2N4. The molecule has 0 aliphatic rings. The van der Waals surface area contributed by atoms with Gasteiger partial charge in [0.2, 0.25) is 0 Å². The van der Waals surface area contributed by atoms with E-state index in [2.05, 4.69) is 11.1 Å². The lowest BCUT2D eigenvalue weighted by Crippen LogP contribution is -2.20. The molecule has 1 aromatic heterocycles. The molecular weight excluding hydrogens is 307 g/mol.